The fraction of sp³-hybridized carbons (Fsp3) is 0.467. The molecule has 24 heavy (non-hydrogen) atoms. The van der Waals surface area contributed by atoms with Crippen LogP contribution in [0.5, 0.6) is 0 Å². The van der Waals surface area contributed by atoms with E-state index in [4.69, 9.17) is 4.74 Å². The van der Waals surface area contributed by atoms with Crippen molar-refractivity contribution >= 4 is 21.9 Å². The van der Waals surface area contributed by atoms with Crippen LogP contribution in [-0.2, 0) is 19.6 Å². The predicted octanol–water partition coefficient (Wildman–Crippen LogP) is 0.593. The van der Waals surface area contributed by atoms with Gasteiger partial charge in [-0.25, -0.2) is 17.9 Å². The van der Waals surface area contributed by atoms with E-state index in [2.05, 4.69) is 10.0 Å². The SMILES string of the molecule is COCC(C)(NC(=O)c1cccc(S(=O)(=O)NC(C)C)c1)C(=O)O. The molecule has 9 heteroatoms. The minimum absolute atomic E-state index is 0.0326. The van der Waals surface area contributed by atoms with Crippen molar-refractivity contribution in [1.82, 2.24) is 10.0 Å². The van der Waals surface area contributed by atoms with Crippen molar-refractivity contribution in [3.8, 4) is 0 Å². The summed E-state index contributed by atoms with van der Waals surface area (Å²) in [5.74, 6) is -1.97. The quantitative estimate of drug-likeness (QED) is 0.625. The number of hydrogen-bond acceptors (Lipinski definition) is 5. The maximum absolute atomic E-state index is 12.3. The summed E-state index contributed by atoms with van der Waals surface area (Å²) in [5, 5.41) is 11.6. The lowest BCUT2D eigenvalue weighted by atomic mass is 10.0. The summed E-state index contributed by atoms with van der Waals surface area (Å²) in [6.07, 6.45) is 0. The Morgan fingerprint density at radius 2 is 1.96 bits per heavy atom. The van der Waals surface area contributed by atoms with Crippen molar-refractivity contribution < 1.29 is 27.9 Å². The van der Waals surface area contributed by atoms with Crippen molar-refractivity contribution in [1.29, 1.82) is 0 Å². The standard InChI is InChI=1S/C15H22N2O6S/c1-10(2)17-24(21,22)12-7-5-6-11(8-12)13(18)16-15(3,9-23-4)14(19)20/h5-8,10,17H,9H2,1-4H3,(H,16,18)(H,19,20). The number of methoxy groups -OCH3 is 1. The molecule has 134 valence electrons. The van der Waals surface area contributed by atoms with E-state index in [1.54, 1.807) is 13.8 Å². The van der Waals surface area contributed by atoms with Gasteiger partial charge in [0.2, 0.25) is 10.0 Å². The number of amides is 1. The molecule has 1 unspecified atom stereocenters. The van der Waals surface area contributed by atoms with Crippen LogP contribution in [-0.4, -0.2) is 50.7 Å². The molecule has 0 heterocycles. The molecule has 1 aromatic carbocycles. The van der Waals surface area contributed by atoms with Crippen LogP contribution in [0.2, 0.25) is 0 Å². The Hall–Kier alpha value is -1.97. The third-order valence-electron chi connectivity index (χ3n) is 3.09. The molecule has 0 spiro atoms. The summed E-state index contributed by atoms with van der Waals surface area (Å²) in [7, 11) is -2.44. The van der Waals surface area contributed by atoms with E-state index in [0.717, 1.165) is 0 Å². The highest BCUT2D eigenvalue weighted by atomic mass is 32.2. The molecular formula is C15H22N2O6S. The first-order valence-electron chi connectivity index (χ1n) is 7.19. The van der Waals surface area contributed by atoms with Crippen LogP contribution in [0, 0.1) is 0 Å². The van der Waals surface area contributed by atoms with Crippen molar-refractivity contribution in [3.63, 3.8) is 0 Å². The van der Waals surface area contributed by atoms with E-state index in [-0.39, 0.29) is 23.1 Å². The highest BCUT2D eigenvalue weighted by molar-refractivity contribution is 7.89. The normalized spacial score (nSPS) is 14.2. The molecule has 3 N–H and O–H groups in total. The molecule has 0 fully saturated rings. The maximum Gasteiger partial charge on any atom is 0.331 e. The molecule has 1 aromatic rings. The van der Waals surface area contributed by atoms with Crippen molar-refractivity contribution in [3.05, 3.63) is 29.8 Å². The second kappa shape index (κ2) is 7.73. The van der Waals surface area contributed by atoms with Crippen LogP contribution < -0.4 is 10.0 Å². The van der Waals surface area contributed by atoms with Crippen molar-refractivity contribution in [2.75, 3.05) is 13.7 Å². The summed E-state index contributed by atoms with van der Waals surface area (Å²) in [6, 6.07) is 5.06. The summed E-state index contributed by atoms with van der Waals surface area (Å²) >= 11 is 0. The first-order chi connectivity index (χ1) is 11.0. The van der Waals surface area contributed by atoms with E-state index >= 15 is 0 Å². The minimum atomic E-state index is -3.76. The molecule has 0 radical (unpaired) electrons. The number of carbonyl (C=O) groups is 2. The van der Waals surface area contributed by atoms with Crippen LogP contribution in [0.25, 0.3) is 0 Å². The monoisotopic (exact) mass is 358 g/mol. The Morgan fingerprint density at radius 3 is 2.46 bits per heavy atom. The molecule has 0 saturated heterocycles. The van der Waals surface area contributed by atoms with Crippen LogP contribution >= 0.6 is 0 Å². The van der Waals surface area contributed by atoms with Gasteiger partial charge in [-0.15, -0.1) is 0 Å². The Kier molecular flexibility index (Phi) is 6.47. The summed E-state index contributed by atoms with van der Waals surface area (Å²) in [6.45, 7) is 4.42. The van der Waals surface area contributed by atoms with Crippen molar-refractivity contribution in [2.45, 2.75) is 37.2 Å². The van der Waals surface area contributed by atoms with E-state index in [1.165, 1.54) is 38.3 Å². The second-order valence-corrected chi connectivity index (χ2v) is 7.54. The number of sulfonamides is 1. The number of carboxylic acid groups (broad SMARTS) is 1. The van der Waals surface area contributed by atoms with Gasteiger partial charge in [-0.3, -0.25) is 4.79 Å². The molecule has 1 rings (SSSR count). The number of ether oxygens (including phenoxy) is 1. The fourth-order valence-electron chi connectivity index (χ4n) is 1.95. The molecule has 0 aliphatic carbocycles. The lowest BCUT2D eigenvalue weighted by molar-refractivity contribution is -0.145. The smallest absolute Gasteiger partial charge is 0.331 e. The van der Waals surface area contributed by atoms with Crippen LogP contribution in [0.3, 0.4) is 0 Å². The van der Waals surface area contributed by atoms with E-state index < -0.39 is 27.4 Å². The number of carbonyl (C=O) groups excluding carboxylic acids is 1. The van der Waals surface area contributed by atoms with Gasteiger partial charge in [-0.05, 0) is 39.0 Å². The average Bonchev–Trinajstić information content (AvgIpc) is 2.46. The summed E-state index contributed by atoms with van der Waals surface area (Å²) in [4.78, 5) is 23.5. The van der Waals surface area contributed by atoms with Gasteiger partial charge in [0.15, 0.2) is 5.54 Å². The first-order valence-corrected chi connectivity index (χ1v) is 8.67. The fourth-order valence-corrected chi connectivity index (χ4v) is 3.24. The summed E-state index contributed by atoms with van der Waals surface area (Å²) in [5.41, 5.74) is -1.60. The predicted molar refractivity (Wildman–Crippen MR) is 87.3 cm³/mol. The maximum atomic E-state index is 12.3. The van der Waals surface area contributed by atoms with Gasteiger partial charge in [-0.1, -0.05) is 6.07 Å². The Morgan fingerprint density at radius 1 is 1.33 bits per heavy atom. The molecule has 0 aliphatic heterocycles. The molecule has 0 aliphatic rings. The molecule has 0 aromatic heterocycles. The number of rotatable bonds is 8. The van der Waals surface area contributed by atoms with E-state index in [1.807, 2.05) is 0 Å². The molecule has 1 atom stereocenters. The molecule has 0 saturated carbocycles. The molecule has 0 bridgehead atoms. The molecular weight excluding hydrogens is 336 g/mol. The summed E-state index contributed by atoms with van der Waals surface area (Å²) < 4.78 is 31.6. The van der Waals surface area contributed by atoms with Gasteiger partial charge in [0.1, 0.15) is 0 Å². The number of nitrogens with one attached hydrogen (secondary N) is 2. The Bertz CT molecular complexity index is 716. The van der Waals surface area contributed by atoms with Crippen LogP contribution in [0.15, 0.2) is 29.2 Å². The van der Waals surface area contributed by atoms with Gasteiger partial charge >= 0.3 is 5.97 Å². The van der Waals surface area contributed by atoms with Gasteiger partial charge in [0.25, 0.3) is 5.91 Å². The number of aliphatic carboxylic acids is 1. The van der Waals surface area contributed by atoms with E-state index in [0.29, 0.717) is 0 Å². The largest absolute Gasteiger partial charge is 0.479 e. The van der Waals surface area contributed by atoms with Gasteiger partial charge in [-0.2, -0.15) is 0 Å². The van der Waals surface area contributed by atoms with Gasteiger partial charge in [0, 0.05) is 18.7 Å². The molecule has 1 amide bonds. The molecule has 8 nitrogen and oxygen atoms in total. The highest BCUT2D eigenvalue weighted by Crippen LogP contribution is 2.14. The lowest BCUT2D eigenvalue weighted by Crippen LogP contribution is -2.55. The van der Waals surface area contributed by atoms with Crippen LogP contribution in [0.1, 0.15) is 31.1 Å². The third kappa shape index (κ3) is 5.02. The zero-order valence-electron chi connectivity index (χ0n) is 14.0. The Labute approximate surface area is 141 Å². The zero-order chi connectivity index (χ0) is 18.5. The third-order valence-corrected chi connectivity index (χ3v) is 4.75. The number of benzene rings is 1. The lowest BCUT2D eigenvalue weighted by Gasteiger charge is -2.25. The topological polar surface area (TPSA) is 122 Å². The highest BCUT2D eigenvalue weighted by Gasteiger charge is 2.35. The van der Waals surface area contributed by atoms with Gasteiger partial charge in [0.05, 0.1) is 11.5 Å². The Balaban J connectivity index is 3.09. The van der Waals surface area contributed by atoms with E-state index in [9.17, 15) is 23.1 Å². The zero-order valence-corrected chi connectivity index (χ0v) is 14.8. The number of carboxylic acids is 1. The first kappa shape index (κ1) is 20.1. The second-order valence-electron chi connectivity index (χ2n) is 5.83. The number of hydrogen-bond donors (Lipinski definition) is 3. The van der Waals surface area contributed by atoms with Gasteiger partial charge < -0.3 is 15.2 Å². The van der Waals surface area contributed by atoms with Crippen molar-refractivity contribution in [2.24, 2.45) is 0 Å². The van der Waals surface area contributed by atoms with Crippen LogP contribution in [0.4, 0.5) is 0 Å². The minimum Gasteiger partial charge on any atom is -0.479 e. The average molecular weight is 358 g/mol.